The molecule has 5 fully saturated rings. The van der Waals surface area contributed by atoms with Gasteiger partial charge in [-0.1, -0.05) is 30.3 Å². The summed E-state index contributed by atoms with van der Waals surface area (Å²) in [6.45, 7) is -0.0337. The molecule has 0 spiro atoms. The molecule has 1 aliphatic heterocycles. The van der Waals surface area contributed by atoms with Crippen molar-refractivity contribution in [2.24, 2.45) is 10.8 Å². The lowest BCUT2D eigenvalue weighted by atomic mass is 9.53. The Balaban J connectivity index is 1.33. The molecule has 2 unspecified atom stereocenters. The number of nitrogens with zero attached hydrogens (tertiary/aromatic N) is 1. The number of hydrogen-bond acceptors (Lipinski definition) is 4. The van der Waals surface area contributed by atoms with Crippen LogP contribution in [0.5, 0.6) is 0 Å². The summed E-state index contributed by atoms with van der Waals surface area (Å²) in [6, 6.07) is 7.02. The summed E-state index contributed by atoms with van der Waals surface area (Å²) in [4.78, 5) is 27.9. The molecule has 48 heavy (non-hydrogen) atoms. The number of aryl methyl sites for hydroxylation is 1. The molecule has 5 aliphatic carbocycles. The van der Waals surface area contributed by atoms with E-state index in [9.17, 15) is 49.5 Å². The van der Waals surface area contributed by atoms with Gasteiger partial charge in [-0.3, -0.25) is 9.59 Å². The Hall–Kier alpha value is -3.16. The van der Waals surface area contributed by atoms with E-state index in [1.807, 2.05) is 0 Å². The number of carboxylic acid groups (broad SMARTS) is 1. The molecular formula is C34H34F7NO5S. The van der Waals surface area contributed by atoms with E-state index in [2.05, 4.69) is 0 Å². The molecule has 260 valence electrons. The van der Waals surface area contributed by atoms with Crippen LogP contribution in [0.25, 0.3) is 0 Å². The second kappa shape index (κ2) is 10.4. The highest BCUT2D eigenvalue weighted by Crippen LogP contribution is 2.61. The van der Waals surface area contributed by atoms with Gasteiger partial charge in [0.25, 0.3) is 0 Å². The van der Waals surface area contributed by atoms with Crippen LogP contribution in [0.2, 0.25) is 0 Å². The van der Waals surface area contributed by atoms with E-state index >= 15 is 4.39 Å². The average Bonchev–Trinajstić information content (AvgIpc) is 3.82. The SMILES string of the molecule is O=C(O)C12CCC(C(=O)N3CCC4(S(=O)(=O)c5ccc(C6CC6)cc5)c5ccc(C(F)(C(F)(F)F)C(F)(F)F)cc5CCC34)(CC1)CC2. The zero-order chi connectivity index (χ0) is 34.7. The van der Waals surface area contributed by atoms with E-state index in [0.29, 0.717) is 56.6 Å². The smallest absolute Gasteiger partial charge is 0.435 e. The monoisotopic (exact) mass is 701 g/mol. The van der Waals surface area contributed by atoms with Crippen LogP contribution in [0.4, 0.5) is 30.7 Å². The fraction of sp³-hybridized carbons (Fsp3) is 0.588. The maximum absolute atomic E-state index is 15.2. The van der Waals surface area contributed by atoms with Gasteiger partial charge in [0, 0.05) is 17.5 Å². The van der Waals surface area contributed by atoms with Crippen molar-refractivity contribution in [3.8, 4) is 0 Å². The molecular weight excluding hydrogens is 667 g/mol. The van der Waals surface area contributed by atoms with Crippen LogP contribution < -0.4 is 0 Å². The Kier molecular flexibility index (Phi) is 7.24. The molecule has 1 saturated heterocycles. The summed E-state index contributed by atoms with van der Waals surface area (Å²) in [5.41, 5.74) is -8.38. The molecule has 6 nitrogen and oxygen atoms in total. The van der Waals surface area contributed by atoms with Crippen LogP contribution in [-0.4, -0.2) is 55.2 Å². The molecule has 2 atom stereocenters. The Labute approximate surface area is 272 Å². The predicted octanol–water partition coefficient (Wildman–Crippen LogP) is 7.49. The molecule has 0 aromatic heterocycles. The predicted molar refractivity (Wildman–Crippen MR) is 157 cm³/mol. The van der Waals surface area contributed by atoms with Crippen molar-refractivity contribution < 1.29 is 53.8 Å². The second-order valence-electron chi connectivity index (χ2n) is 14.4. The average molecular weight is 702 g/mol. The van der Waals surface area contributed by atoms with Gasteiger partial charge >= 0.3 is 24.0 Å². The topological polar surface area (TPSA) is 91.8 Å². The molecule has 14 heteroatoms. The molecule has 1 N–H and O–H groups in total. The van der Waals surface area contributed by atoms with Gasteiger partial charge < -0.3 is 10.0 Å². The Morgan fingerprint density at radius 1 is 0.771 bits per heavy atom. The number of amides is 1. The molecule has 1 amide bonds. The lowest BCUT2D eigenvalue weighted by molar-refractivity contribution is -0.348. The summed E-state index contributed by atoms with van der Waals surface area (Å²) in [7, 11) is -4.45. The van der Waals surface area contributed by atoms with Crippen LogP contribution in [0.1, 0.15) is 92.4 Å². The number of fused-ring (bicyclic) bond motifs is 6. The van der Waals surface area contributed by atoms with Gasteiger partial charge in [0.2, 0.25) is 5.91 Å². The minimum Gasteiger partial charge on any atom is -0.481 e. The van der Waals surface area contributed by atoms with Gasteiger partial charge in [-0.25, -0.2) is 12.8 Å². The molecule has 1 heterocycles. The van der Waals surface area contributed by atoms with Crippen molar-refractivity contribution in [2.45, 2.75) is 110 Å². The highest BCUT2D eigenvalue weighted by atomic mass is 32.2. The number of aliphatic carboxylic acids is 1. The normalized spacial score (nSPS) is 30.6. The molecule has 2 bridgehead atoms. The number of likely N-dealkylation sites (tertiary alicyclic amines) is 1. The summed E-state index contributed by atoms with van der Waals surface area (Å²) < 4.78 is 125. The number of carbonyl (C=O) groups excluding carboxylic acids is 1. The maximum Gasteiger partial charge on any atom is 0.435 e. The molecule has 6 aliphatic rings. The Morgan fingerprint density at radius 2 is 1.33 bits per heavy atom. The first-order valence-electron chi connectivity index (χ1n) is 16.2. The zero-order valence-corrected chi connectivity index (χ0v) is 26.6. The van der Waals surface area contributed by atoms with Gasteiger partial charge in [-0.2, -0.15) is 26.3 Å². The first kappa shape index (κ1) is 33.3. The molecule has 8 rings (SSSR count). The summed E-state index contributed by atoms with van der Waals surface area (Å²) in [6.07, 6.45) is -9.32. The summed E-state index contributed by atoms with van der Waals surface area (Å²) >= 11 is 0. The van der Waals surface area contributed by atoms with Crippen molar-refractivity contribution in [2.75, 3.05) is 6.54 Å². The molecule has 2 aromatic carbocycles. The van der Waals surface area contributed by atoms with E-state index in [1.165, 1.54) is 17.0 Å². The highest BCUT2D eigenvalue weighted by molar-refractivity contribution is 7.92. The number of hydrogen-bond donors (Lipinski definition) is 1. The number of sulfone groups is 1. The van der Waals surface area contributed by atoms with Gasteiger partial charge in [-0.05, 0) is 105 Å². The second-order valence-corrected chi connectivity index (χ2v) is 16.6. The third kappa shape index (κ3) is 4.45. The summed E-state index contributed by atoms with van der Waals surface area (Å²) in [5, 5.41) is 9.83. The zero-order valence-electron chi connectivity index (χ0n) is 25.8. The van der Waals surface area contributed by atoms with E-state index < -0.39 is 61.0 Å². The van der Waals surface area contributed by atoms with E-state index in [-0.39, 0.29) is 47.7 Å². The van der Waals surface area contributed by atoms with Crippen LogP contribution in [0, 0.1) is 10.8 Å². The van der Waals surface area contributed by atoms with Crippen LogP contribution in [-0.2, 0) is 36.3 Å². The minimum absolute atomic E-state index is 0.0337. The number of alkyl halides is 7. The fourth-order valence-corrected chi connectivity index (χ4v) is 11.5. The van der Waals surface area contributed by atoms with Crippen molar-refractivity contribution in [3.05, 3.63) is 64.7 Å². The molecule has 2 aromatic rings. The molecule has 0 radical (unpaired) electrons. The van der Waals surface area contributed by atoms with E-state index in [4.69, 9.17) is 0 Å². The number of rotatable bonds is 6. The van der Waals surface area contributed by atoms with Gasteiger partial charge in [-0.15, -0.1) is 0 Å². The lowest BCUT2D eigenvalue weighted by Gasteiger charge is -2.52. The number of carboxylic acids is 1. The Morgan fingerprint density at radius 3 is 1.85 bits per heavy atom. The standard InChI is InChI=1S/C34H34F7NO5S/c35-32(33(36,37)38,34(39,40)41)23-6-9-25-22(19-23)5-10-26-31(25,48(46,47)24-7-3-21(4-8-24)20-1-2-20)17-18-42(26)27(43)29-11-14-30(15-12-29,16-13-29)28(44)45/h3-4,6-9,19-20,26H,1-2,5,10-18H2,(H,44,45). The van der Waals surface area contributed by atoms with Crippen molar-refractivity contribution in [3.63, 3.8) is 0 Å². The van der Waals surface area contributed by atoms with Crippen LogP contribution in [0.3, 0.4) is 0 Å². The van der Waals surface area contributed by atoms with Gasteiger partial charge in [0.15, 0.2) is 9.84 Å². The lowest BCUT2D eigenvalue weighted by Crippen LogP contribution is -2.57. The van der Waals surface area contributed by atoms with E-state index in [1.54, 1.807) is 12.1 Å². The molecule has 4 saturated carbocycles. The Bertz CT molecular complexity index is 1750. The van der Waals surface area contributed by atoms with Crippen LogP contribution >= 0.6 is 0 Å². The van der Waals surface area contributed by atoms with E-state index in [0.717, 1.165) is 24.5 Å². The van der Waals surface area contributed by atoms with Crippen LogP contribution in [0.15, 0.2) is 47.4 Å². The summed E-state index contributed by atoms with van der Waals surface area (Å²) in [5.74, 6) is -0.891. The number of halogens is 7. The highest BCUT2D eigenvalue weighted by Gasteiger charge is 2.74. The number of carbonyl (C=O) groups is 2. The van der Waals surface area contributed by atoms with Crippen molar-refractivity contribution in [1.29, 1.82) is 0 Å². The van der Waals surface area contributed by atoms with Crippen molar-refractivity contribution in [1.82, 2.24) is 4.90 Å². The number of benzene rings is 2. The third-order valence-electron chi connectivity index (χ3n) is 12.2. The first-order valence-corrected chi connectivity index (χ1v) is 17.7. The maximum atomic E-state index is 15.2. The largest absolute Gasteiger partial charge is 0.481 e. The minimum atomic E-state index is -6.34. The first-order chi connectivity index (χ1) is 22.3. The quantitative estimate of drug-likeness (QED) is 0.315. The van der Waals surface area contributed by atoms with Gasteiger partial charge in [0.1, 0.15) is 4.75 Å². The van der Waals surface area contributed by atoms with Gasteiger partial charge in [0.05, 0.1) is 16.4 Å². The third-order valence-corrected chi connectivity index (χ3v) is 14.7. The fourth-order valence-electron chi connectivity index (χ4n) is 9.15. The van der Waals surface area contributed by atoms with Crippen molar-refractivity contribution >= 4 is 21.7 Å².